The molecule has 0 aromatic rings. The molecule has 0 aromatic carbocycles. The van der Waals surface area contributed by atoms with E-state index in [1.807, 2.05) is 0 Å². The molecule has 3 fully saturated rings. The molecule has 3 nitrogen and oxygen atoms in total. The van der Waals surface area contributed by atoms with Gasteiger partial charge in [-0.1, -0.05) is 0 Å². The van der Waals surface area contributed by atoms with Gasteiger partial charge in [0.05, 0.1) is 12.2 Å². The third-order valence-electron chi connectivity index (χ3n) is 4.67. The van der Waals surface area contributed by atoms with Crippen molar-refractivity contribution in [3.63, 3.8) is 0 Å². The minimum absolute atomic E-state index is 0.531. The van der Waals surface area contributed by atoms with E-state index in [1.165, 1.54) is 71.1 Å². The van der Waals surface area contributed by atoms with Gasteiger partial charge in [0.1, 0.15) is 0 Å². The Labute approximate surface area is 105 Å². The Morgan fingerprint density at radius 2 is 1.65 bits per heavy atom. The lowest BCUT2D eigenvalue weighted by molar-refractivity contribution is -0.0844. The SMILES string of the molecule is C1CC(O[C@@H]2CCCN(C3CCNCC3)C2)C1. The minimum atomic E-state index is 0.531. The second kappa shape index (κ2) is 5.68. The first-order chi connectivity index (χ1) is 8.42. The Morgan fingerprint density at radius 1 is 0.882 bits per heavy atom. The van der Waals surface area contributed by atoms with Crippen molar-refractivity contribution in [2.24, 2.45) is 0 Å². The first-order valence-corrected chi connectivity index (χ1v) is 7.52. The first kappa shape index (κ1) is 11.9. The highest BCUT2D eigenvalue weighted by molar-refractivity contribution is 4.84. The molecule has 2 saturated heterocycles. The van der Waals surface area contributed by atoms with Gasteiger partial charge in [0, 0.05) is 12.6 Å². The highest BCUT2D eigenvalue weighted by atomic mass is 16.5. The molecule has 2 heterocycles. The molecule has 3 rings (SSSR count). The lowest BCUT2D eigenvalue weighted by Crippen LogP contribution is -2.50. The molecule has 0 unspecified atom stereocenters. The molecule has 1 N–H and O–H groups in total. The summed E-state index contributed by atoms with van der Waals surface area (Å²) in [4.78, 5) is 2.70. The van der Waals surface area contributed by atoms with Crippen molar-refractivity contribution in [3.8, 4) is 0 Å². The van der Waals surface area contributed by atoms with Gasteiger partial charge in [-0.2, -0.15) is 0 Å². The normalized spacial score (nSPS) is 33.5. The van der Waals surface area contributed by atoms with Gasteiger partial charge in [-0.3, -0.25) is 4.90 Å². The van der Waals surface area contributed by atoms with E-state index in [4.69, 9.17) is 4.74 Å². The van der Waals surface area contributed by atoms with Crippen LogP contribution in [0.1, 0.15) is 44.9 Å². The van der Waals surface area contributed by atoms with E-state index in [-0.39, 0.29) is 0 Å². The van der Waals surface area contributed by atoms with Crippen LogP contribution >= 0.6 is 0 Å². The number of nitrogens with one attached hydrogen (secondary N) is 1. The fourth-order valence-electron chi connectivity index (χ4n) is 3.36. The molecule has 0 aromatic heterocycles. The van der Waals surface area contributed by atoms with Crippen LogP contribution in [0.2, 0.25) is 0 Å². The second-order valence-corrected chi connectivity index (χ2v) is 5.93. The van der Waals surface area contributed by atoms with Crippen LogP contribution in [0.25, 0.3) is 0 Å². The molecule has 3 heteroatoms. The monoisotopic (exact) mass is 238 g/mol. The average molecular weight is 238 g/mol. The van der Waals surface area contributed by atoms with Gasteiger partial charge in [-0.25, -0.2) is 0 Å². The Morgan fingerprint density at radius 3 is 2.35 bits per heavy atom. The summed E-state index contributed by atoms with van der Waals surface area (Å²) in [6.45, 7) is 4.90. The molecule has 2 aliphatic heterocycles. The minimum Gasteiger partial charge on any atom is -0.374 e. The van der Waals surface area contributed by atoms with Gasteiger partial charge in [-0.15, -0.1) is 0 Å². The molecule has 0 amide bonds. The van der Waals surface area contributed by atoms with Crippen molar-refractivity contribution in [3.05, 3.63) is 0 Å². The zero-order chi connectivity index (χ0) is 11.5. The number of rotatable bonds is 3. The first-order valence-electron chi connectivity index (χ1n) is 7.52. The van der Waals surface area contributed by atoms with Crippen LogP contribution in [0.5, 0.6) is 0 Å². The van der Waals surface area contributed by atoms with E-state index >= 15 is 0 Å². The van der Waals surface area contributed by atoms with Crippen molar-refractivity contribution in [2.75, 3.05) is 26.2 Å². The van der Waals surface area contributed by atoms with Crippen LogP contribution < -0.4 is 5.32 Å². The van der Waals surface area contributed by atoms with Crippen LogP contribution in [-0.2, 0) is 4.74 Å². The van der Waals surface area contributed by atoms with E-state index in [0.717, 1.165) is 6.04 Å². The van der Waals surface area contributed by atoms with Crippen molar-refractivity contribution < 1.29 is 4.74 Å². The standard InChI is InChI=1S/C14H26N2O/c1-3-13(4-1)17-14-5-2-10-16(11-14)12-6-8-15-9-7-12/h12-15H,1-11H2/t14-/m1/s1. The maximum absolute atomic E-state index is 6.19. The Bertz CT molecular complexity index is 236. The topological polar surface area (TPSA) is 24.5 Å². The Hall–Kier alpha value is -0.120. The van der Waals surface area contributed by atoms with Crippen LogP contribution in [0.15, 0.2) is 0 Å². The lowest BCUT2D eigenvalue weighted by Gasteiger charge is -2.41. The van der Waals surface area contributed by atoms with E-state index in [0.29, 0.717) is 12.2 Å². The summed E-state index contributed by atoms with van der Waals surface area (Å²) in [5.41, 5.74) is 0. The molecule has 1 atom stereocenters. The second-order valence-electron chi connectivity index (χ2n) is 5.93. The van der Waals surface area contributed by atoms with Gasteiger partial charge in [0.15, 0.2) is 0 Å². The maximum atomic E-state index is 6.19. The highest BCUT2D eigenvalue weighted by Gasteiger charge is 2.29. The Balaban J connectivity index is 1.47. The zero-order valence-corrected chi connectivity index (χ0v) is 10.9. The molecular formula is C14H26N2O. The van der Waals surface area contributed by atoms with Gasteiger partial charge < -0.3 is 10.1 Å². The molecule has 1 aliphatic carbocycles. The van der Waals surface area contributed by atoms with Crippen molar-refractivity contribution >= 4 is 0 Å². The van der Waals surface area contributed by atoms with E-state index in [2.05, 4.69) is 10.2 Å². The Kier molecular flexibility index (Phi) is 3.99. The quantitative estimate of drug-likeness (QED) is 0.811. The summed E-state index contributed by atoms with van der Waals surface area (Å²) in [5.74, 6) is 0. The summed E-state index contributed by atoms with van der Waals surface area (Å²) in [7, 11) is 0. The largest absolute Gasteiger partial charge is 0.374 e. The van der Waals surface area contributed by atoms with Gasteiger partial charge >= 0.3 is 0 Å². The maximum Gasteiger partial charge on any atom is 0.0706 e. The summed E-state index contributed by atoms with van der Waals surface area (Å²) >= 11 is 0. The fourth-order valence-corrected chi connectivity index (χ4v) is 3.36. The number of nitrogens with zero attached hydrogens (tertiary/aromatic N) is 1. The molecule has 0 radical (unpaired) electrons. The van der Waals surface area contributed by atoms with E-state index in [9.17, 15) is 0 Å². The van der Waals surface area contributed by atoms with Crippen molar-refractivity contribution in [2.45, 2.75) is 63.2 Å². The molecule has 1 saturated carbocycles. The van der Waals surface area contributed by atoms with Crippen molar-refractivity contribution in [1.29, 1.82) is 0 Å². The number of ether oxygens (including phenoxy) is 1. The molecule has 0 bridgehead atoms. The number of hydrogen-bond acceptors (Lipinski definition) is 3. The van der Waals surface area contributed by atoms with Crippen LogP contribution in [0, 0.1) is 0 Å². The highest BCUT2D eigenvalue weighted by Crippen LogP contribution is 2.27. The third-order valence-corrected chi connectivity index (χ3v) is 4.67. The van der Waals surface area contributed by atoms with E-state index in [1.54, 1.807) is 0 Å². The smallest absolute Gasteiger partial charge is 0.0706 e. The third kappa shape index (κ3) is 3.01. The van der Waals surface area contributed by atoms with Crippen molar-refractivity contribution in [1.82, 2.24) is 10.2 Å². The molecule has 17 heavy (non-hydrogen) atoms. The molecule has 3 aliphatic rings. The molecule has 0 spiro atoms. The number of piperidine rings is 2. The average Bonchev–Trinajstić information content (AvgIpc) is 2.35. The fraction of sp³-hybridized carbons (Fsp3) is 1.00. The van der Waals surface area contributed by atoms with Gasteiger partial charge in [0.25, 0.3) is 0 Å². The van der Waals surface area contributed by atoms with Crippen LogP contribution in [0.3, 0.4) is 0 Å². The van der Waals surface area contributed by atoms with Crippen LogP contribution in [-0.4, -0.2) is 49.3 Å². The summed E-state index contributed by atoms with van der Waals surface area (Å²) in [5, 5.41) is 3.46. The number of hydrogen-bond donors (Lipinski definition) is 1. The lowest BCUT2D eigenvalue weighted by atomic mass is 9.95. The van der Waals surface area contributed by atoms with E-state index < -0.39 is 0 Å². The molecular weight excluding hydrogens is 212 g/mol. The van der Waals surface area contributed by atoms with Gasteiger partial charge in [0.2, 0.25) is 0 Å². The molecule has 98 valence electrons. The summed E-state index contributed by atoms with van der Waals surface area (Å²) < 4.78 is 6.19. The predicted octanol–water partition coefficient (Wildman–Crippen LogP) is 1.77. The van der Waals surface area contributed by atoms with Crippen LogP contribution in [0.4, 0.5) is 0 Å². The predicted molar refractivity (Wildman–Crippen MR) is 69.2 cm³/mol. The van der Waals surface area contributed by atoms with Gasteiger partial charge in [-0.05, 0) is 64.6 Å². The summed E-state index contributed by atoms with van der Waals surface area (Å²) in [6, 6.07) is 0.823. The number of likely N-dealkylation sites (tertiary alicyclic amines) is 1. The zero-order valence-electron chi connectivity index (χ0n) is 10.9. The summed E-state index contributed by atoms with van der Waals surface area (Å²) in [6.07, 6.45) is 10.4.